The minimum atomic E-state index is -0.538. The van der Waals surface area contributed by atoms with Crippen LogP contribution in [-0.4, -0.2) is 29.6 Å². The van der Waals surface area contributed by atoms with Crippen LogP contribution in [-0.2, 0) is 16.1 Å². The zero-order valence-corrected chi connectivity index (χ0v) is 11.4. The van der Waals surface area contributed by atoms with Crippen LogP contribution >= 0.6 is 0 Å². The summed E-state index contributed by atoms with van der Waals surface area (Å²) in [5.41, 5.74) is 6.49. The lowest BCUT2D eigenvalue weighted by molar-refractivity contribution is -0.124. The van der Waals surface area contributed by atoms with Crippen LogP contribution in [0.3, 0.4) is 0 Å². The third kappa shape index (κ3) is 4.65. The second-order valence-corrected chi connectivity index (χ2v) is 4.22. The van der Waals surface area contributed by atoms with E-state index in [1.54, 1.807) is 16.8 Å². The standard InChI is InChI=1S/C13H21N3O3/c1-3-5-6-15-12(17)9-19-13(18)11-7-10(14)8-16(11)4-2/h7-8H,3-6,9,14H2,1-2H3,(H,15,17). The molecule has 1 aromatic rings. The van der Waals surface area contributed by atoms with E-state index < -0.39 is 5.97 Å². The van der Waals surface area contributed by atoms with E-state index in [0.717, 1.165) is 12.8 Å². The first-order chi connectivity index (χ1) is 9.08. The predicted octanol–water partition coefficient (Wildman–Crippen LogP) is 1.16. The van der Waals surface area contributed by atoms with Crippen molar-refractivity contribution in [3.05, 3.63) is 18.0 Å². The van der Waals surface area contributed by atoms with Gasteiger partial charge in [0.1, 0.15) is 5.69 Å². The molecule has 0 aromatic carbocycles. The van der Waals surface area contributed by atoms with Crippen molar-refractivity contribution in [1.82, 2.24) is 9.88 Å². The average molecular weight is 267 g/mol. The normalized spacial score (nSPS) is 10.2. The highest BCUT2D eigenvalue weighted by Crippen LogP contribution is 2.11. The lowest BCUT2D eigenvalue weighted by atomic mass is 10.3. The zero-order chi connectivity index (χ0) is 14.3. The summed E-state index contributed by atoms with van der Waals surface area (Å²) in [7, 11) is 0. The van der Waals surface area contributed by atoms with Crippen molar-refractivity contribution in [2.24, 2.45) is 0 Å². The van der Waals surface area contributed by atoms with Gasteiger partial charge in [-0.15, -0.1) is 0 Å². The number of rotatable bonds is 7. The number of amides is 1. The van der Waals surface area contributed by atoms with E-state index in [4.69, 9.17) is 10.5 Å². The van der Waals surface area contributed by atoms with Crippen LogP contribution in [0.2, 0.25) is 0 Å². The minimum Gasteiger partial charge on any atom is -0.451 e. The van der Waals surface area contributed by atoms with E-state index >= 15 is 0 Å². The average Bonchev–Trinajstić information content (AvgIpc) is 2.77. The lowest BCUT2D eigenvalue weighted by Crippen LogP contribution is -2.29. The van der Waals surface area contributed by atoms with Gasteiger partial charge in [-0.1, -0.05) is 13.3 Å². The highest BCUT2D eigenvalue weighted by atomic mass is 16.5. The fourth-order valence-electron chi connectivity index (χ4n) is 1.63. The molecule has 106 valence electrons. The SMILES string of the molecule is CCCCNC(=O)COC(=O)c1cc(N)cn1CC. The highest BCUT2D eigenvalue weighted by Gasteiger charge is 2.14. The second kappa shape index (κ2) is 7.45. The number of nitrogens with one attached hydrogen (secondary N) is 1. The van der Waals surface area contributed by atoms with Crippen LogP contribution in [0.1, 0.15) is 37.2 Å². The van der Waals surface area contributed by atoms with E-state index in [2.05, 4.69) is 5.32 Å². The molecule has 1 amide bonds. The molecular weight excluding hydrogens is 246 g/mol. The molecule has 0 aliphatic heterocycles. The summed E-state index contributed by atoms with van der Waals surface area (Å²) in [4.78, 5) is 23.2. The topological polar surface area (TPSA) is 86.3 Å². The number of nitrogens with two attached hydrogens (primary N) is 1. The number of anilines is 1. The van der Waals surface area contributed by atoms with Gasteiger partial charge in [0.05, 0.1) is 5.69 Å². The molecule has 0 aliphatic carbocycles. The van der Waals surface area contributed by atoms with Gasteiger partial charge in [-0.25, -0.2) is 4.79 Å². The first-order valence-electron chi connectivity index (χ1n) is 6.48. The Balaban J connectivity index is 2.44. The van der Waals surface area contributed by atoms with Crippen LogP contribution in [0, 0.1) is 0 Å². The maximum absolute atomic E-state index is 11.8. The Morgan fingerprint density at radius 3 is 2.79 bits per heavy atom. The Hall–Kier alpha value is -1.98. The van der Waals surface area contributed by atoms with Crippen molar-refractivity contribution >= 4 is 17.6 Å². The van der Waals surface area contributed by atoms with Crippen LogP contribution < -0.4 is 11.1 Å². The van der Waals surface area contributed by atoms with Gasteiger partial charge in [0.25, 0.3) is 5.91 Å². The first-order valence-corrected chi connectivity index (χ1v) is 6.48. The number of unbranched alkanes of at least 4 members (excludes halogenated alkanes) is 1. The Morgan fingerprint density at radius 1 is 1.42 bits per heavy atom. The number of esters is 1. The molecule has 0 bridgehead atoms. The molecule has 0 saturated heterocycles. The maximum Gasteiger partial charge on any atom is 0.355 e. The third-order valence-electron chi connectivity index (χ3n) is 2.65. The van der Waals surface area contributed by atoms with Crippen molar-refractivity contribution in [3.8, 4) is 0 Å². The fraction of sp³-hybridized carbons (Fsp3) is 0.538. The van der Waals surface area contributed by atoms with Crippen molar-refractivity contribution in [3.63, 3.8) is 0 Å². The molecule has 1 heterocycles. The summed E-state index contributed by atoms with van der Waals surface area (Å²) in [5, 5.41) is 2.68. The molecule has 1 rings (SSSR count). The fourth-order valence-corrected chi connectivity index (χ4v) is 1.63. The number of ether oxygens (including phenoxy) is 1. The molecule has 3 N–H and O–H groups in total. The number of carbonyl (C=O) groups is 2. The van der Waals surface area contributed by atoms with Gasteiger partial charge in [0.2, 0.25) is 0 Å². The quantitative estimate of drug-likeness (QED) is 0.573. The second-order valence-electron chi connectivity index (χ2n) is 4.22. The van der Waals surface area contributed by atoms with E-state index in [1.807, 2.05) is 13.8 Å². The number of hydrogen-bond acceptors (Lipinski definition) is 4. The van der Waals surface area contributed by atoms with E-state index in [1.165, 1.54) is 0 Å². The number of aryl methyl sites for hydroxylation is 1. The maximum atomic E-state index is 11.8. The van der Waals surface area contributed by atoms with Crippen molar-refractivity contribution in [2.75, 3.05) is 18.9 Å². The van der Waals surface area contributed by atoms with Gasteiger partial charge in [-0.2, -0.15) is 0 Å². The summed E-state index contributed by atoms with van der Waals surface area (Å²) in [6.07, 6.45) is 3.58. The summed E-state index contributed by atoms with van der Waals surface area (Å²) in [5.74, 6) is -0.825. The molecule has 0 spiro atoms. The molecule has 1 aromatic heterocycles. The summed E-state index contributed by atoms with van der Waals surface area (Å²) in [6, 6.07) is 1.54. The summed E-state index contributed by atoms with van der Waals surface area (Å²) in [6.45, 7) is 4.88. The Kier molecular flexibility index (Phi) is 5.92. The number of aromatic nitrogens is 1. The van der Waals surface area contributed by atoms with Gasteiger partial charge < -0.3 is 20.4 Å². The van der Waals surface area contributed by atoms with E-state index in [9.17, 15) is 9.59 Å². The summed E-state index contributed by atoms with van der Waals surface area (Å²) < 4.78 is 6.64. The molecule has 6 nitrogen and oxygen atoms in total. The first kappa shape index (κ1) is 15.1. The molecule has 0 unspecified atom stereocenters. The van der Waals surface area contributed by atoms with Crippen LogP contribution in [0.5, 0.6) is 0 Å². The number of hydrogen-bond donors (Lipinski definition) is 2. The zero-order valence-electron chi connectivity index (χ0n) is 11.4. The lowest BCUT2D eigenvalue weighted by Gasteiger charge is -2.07. The van der Waals surface area contributed by atoms with Crippen molar-refractivity contribution < 1.29 is 14.3 Å². The van der Waals surface area contributed by atoms with Crippen molar-refractivity contribution in [2.45, 2.75) is 33.2 Å². The van der Waals surface area contributed by atoms with Crippen LogP contribution in [0.15, 0.2) is 12.3 Å². The van der Waals surface area contributed by atoms with Gasteiger partial charge >= 0.3 is 5.97 Å². The van der Waals surface area contributed by atoms with Gasteiger partial charge in [0, 0.05) is 19.3 Å². The van der Waals surface area contributed by atoms with Crippen molar-refractivity contribution in [1.29, 1.82) is 0 Å². The molecule has 0 fully saturated rings. The smallest absolute Gasteiger partial charge is 0.355 e. The molecule has 0 atom stereocenters. The molecular formula is C13H21N3O3. The van der Waals surface area contributed by atoms with Crippen LogP contribution in [0.4, 0.5) is 5.69 Å². The third-order valence-corrected chi connectivity index (χ3v) is 2.65. The predicted molar refractivity (Wildman–Crippen MR) is 72.7 cm³/mol. The number of nitrogen functional groups attached to an aromatic ring is 1. The largest absolute Gasteiger partial charge is 0.451 e. The number of nitrogens with zero attached hydrogens (tertiary/aromatic N) is 1. The molecule has 0 saturated carbocycles. The minimum absolute atomic E-state index is 0.267. The Bertz CT molecular complexity index is 440. The Labute approximate surface area is 112 Å². The molecule has 6 heteroatoms. The number of carbonyl (C=O) groups excluding carboxylic acids is 2. The van der Waals surface area contributed by atoms with Gasteiger partial charge in [0.15, 0.2) is 6.61 Å². The highest BCUT2D eigenvalue weighted by molar-refractivity contribution is 5.91. The van der Waals surface area contributed by atoms with Gasteiger partial charge in [-0.05, 0) is 19.4 Å². The van der Waals surface area contributed by atoms with Gasteiger partial charge in [-0.3, -0.25) is 4.79 Å². The van der Waals surface area contributed by atoms with Crippen LogP contribution in [0.25, 0.3) is 0 Å². The van der Waals surface area contributed by atoms with E-state index in [0.29, 0.717) is 24.5 Å². The van der Waals surface area contributed by atoms with E-state index in [-0.39, 0.29) is 12.5 Å². The summed E-state index contributed by atoms with van der Waals surface area (Å²) >= 11 is 0. The molecule has 0 radical (unpaired) electrons. The molecule has 0 aliphatic rings. The molecule has 19 heavy (non-hydrogen) atoms. The Morgan fingerprint density at radius 2 is 2.16 bits per heavy atom. The monoisotopic (exact) mass is 267 g/mol.